The second-order valence-electron chi connectivity index (χ2n) is 3.46. The SMILES string of the molecule is O=C(CCc1ccncc1)NCc1nn[nH]n1. The smallest absolute Gasteiger partial charge is 0.220 e. The average Bonchev–Trinajstić information content (AvgIpc) is 2.88. The Morgan fingerprint density at radius 2 is 2.18 bits per heavy atom. The number of pyridine rings is 1. The highest BCUT2D eigenvalue weighted by atomic mass is 16.1. The Labute approximate surface area is 97.7 Å². The van der Waals surface area contributed by atoms with E-state index in [1.54, 1.807) is 12.4 Å². The monoisotopic (exact) mass is 232 g/mol. The number of tetrazole rings is 1. The Morgan fingerprint density at radius 1 is 1.35 bits per heavy atom. The summed E-state index contributed by atoms with van der Waals surface area (Å²) in [5.41, 5.74) is 1.09. The summed E-state index contributed by atoms with van der Waals surface area (Å²) in [5, 5.41) is 15.9. The highest BCUT2D eigenvalue weighted by Crippen LogP contribution is 2.00. The maximum atomic E-state index is 11.5. The first-order chi connectivity index (χ1) is 8.34. The molecular formula is C10H12N6O. The summed E-state index contributed by atoms with van der Waals surface area (Å²) in [5.74, 6) is 0.439. The van der Waals surface area contributed by atoms with Crippen LogP contribution in [0.5, 0.6) is 0 Å². The molecule has 0 unspecified atom stereocenters. The van der Waals surface area contributed by atoms with Gasteiger partial charge in [0, 0.05) is 18.8 Å². The van der Waals surface area contributed by atoms with Gasteiger partial charge in [-0.15, -0.1) is 10.2 Å². The third-order valence-electron chi connectivity index (χ3n) is 2.22. The molecule has 2 N–H and O–H groups in total. The summed E-state index contributed by atoms with van der Waals surface area (Å²) >= 11 is 0. The molecule has 2 aromatic heterocycles. The first kappa shape index (κ1) is 11.2. The van der Waals surface area contributed by atoms with Crippen LogP contribution in [0.15, 0.2) is 24.5 Å². The van der Waals surface area contributed by atoms with Crippen LogP contribution in [0.1, 0.15) is 17.8 Å². The number of hydrogen-bond acceptors (Lipinski definition) is 5. The van der Waals surface area contributed by atoms with Crippen LogP contribution in [0.2, 0.25) is 0 Å². The predicted molar refractivity (Wildman–Crippen MR) is 58.6 cm³/mol. The third-order valence-corrected chi connectivity index (χ3v) is 2.22. The molecule has 2 heterocycles. The van der Waals surface area contributed by atoms with Gasteiger partial charge >= 0.3 is 0 Å². The van der Waals surface area contributed by atoms with Gasteiger partial charge in [0.05, 0.1) is 6.54 Å². The largest absolute Gasteiger partial charge is 0.349 e. The lowest BCUT2D eigenvalue weighted by molar-refractivity contribution is -0.121. The van der Waals surface area contributed by atoms with Gasteiger partial charge in [-0.25, -0.2) is 0 Å². The first-order valence-corrected chi connectivity index (χ1v) is 5.22. The summed E-state index contributed by atoms with van der Waals surface area (Å²) in [4.78, 5) is 15.4. The molecule has 0 radical (unpaired) electrons. The van der Waals surface area contributed by atoms with Gasteiger partial charge in [-0.3, -0.25) is 9.78 Å². The van der Waals surface area contributed by atoms with Crippen LogP contribution >= 0.6 is 0 Å². The molecule has 0 aliphatic carbocycles. The zero-order chi connectivity index (χ0) is 11.9. The van der Waals surface area contributed by atoms with Crippen molar-refractivity contribution in [1.82, 2.24) is 30.9 Å². The van der Waals surface area contributed by atoms with Gasteiger partial charge in [-0.2, -0.15) is 5.21 Å². The molecular weight excluding hydrogens is 220 g/mol. The molecule has 0 aromatic carbocycles. The molecule has 17 heavy (non-hydrogen) atoms. The molecule has 0 aliphatic heterocycles. The summed E-state index contributed by atoms with van der Waals surface area (Å²) in [6.45, 7) is 0.297. The maximum Gasteiger partial charge on any atom is 0.220 e. The predicted octanol–water partition coefficient (Wildman–Crippen LogP) is -0.156. The Balaban J connectivity index is 1.71. The molecule has 0 fully saturated rings. The van der Waals surface area contributed by atoms with Crippen molar-refractivity contribution >= 4 is 5.91 Å². The highest BCUT2D eigenvalue weighted by Gasteiger charge is 2.04. The van der Waals surface area contributed by atoms with E-state index in [0.29, 0.717) is 25.2 Å². The van der Waals surface area contributed by atoms with Crippen molar-refractivity contribution in [1.29, 1.82) is 0 Å². The van der Waals surface area contributed by atoms with E-state index in [0.717, 1.165) is 5.56 Å². The van der Waals surface area contributed by atoms with Crippen LogP contribution in [0, 0.1) is 0 Å². The van der Waals surface area contributed by atoms with E-state index in [4.69, 9.17) is 0 Å². The lowest BCUT2D eigenvalue weighted by Gasteiger charge is -2.02. The number of nitrogens with one attached hydrogen (secondary N) is 2. The summed E-state index contributed by atoms with van der Waals surface area (Å²) in [6, 6.07) is 3.79. The average molecular weight is 232 g/mol. The van der Waals surface area contributed by atoms with Gasteiger partial charge in [0.1, 0.15) is 0 Å². The molecule has 2 rings (SSSR count). The lowest BCUT2D eigenvalue weighted by atomic mass is 10.1. The Kier molecular flexibility index (Phi) is 3.74. The minimum Gasteiger partial charge on any atom is -0.349 e. The van der Waals surface area contributed by atoms with Crippen LogP contribution < -0.4 is 5.32 Å². The molecule has 7 heteroatoms. The maximum absolute atomic E-state index is 11.5. The van der Waals surface area contributed by atoms with Crippen molar-refractivity contribution in [3.8, 4) is 0 Å². The zero-order valence-electron chi connectivity index (χ0n) is 9.13. The topological polar surface area (TPSA) is 96.5 Å². The fourth-order valence-electron chi connectivity index (χ4n) is 1.33. The van der Waals surface area contributed by atoms with Crippen LogP contribution in [0.3, 0.4) is 0 Å². The second-order valence-corrected chi connectivity index (χ2v) is 3.46. The van der Waals surface area contributed by atoms with E-state index in [1.807, 2.05) is 12.1 Å². The van der Waals surface area contributed by atoms with Crippen molar-refractivity contribution < 1.29 is 4.79 Å². The van der Waals surface area contributed by atoms with Crippen molar-refractivity contribution in [2.24, 2.45) is 0 Å². The number of rotatable bonds is 5. The van der Waals surface area contributed by atoms with E-state index in [1.165, 1.54) is 0 Å². The second kappa shape index (κ2) is 5.69. The number of hydrogen-bond donors (Lipinski definition) is 2. The van der Waals surface area contributed by atoms with Gasteiger partial charge in [-0.05, 0) is 24.1 Å². The number of aryl methyl sites for hydroxylation is 1. The molecule has 1 amide bonds. The number of carbonyl (C=O) groups is 1. The molecule has 7 nitrogen and oxygen atoms in total. The van der Waals surface area contributed by atoms with Crippen molar-refractivity contribution in [2.45, 2.75) is 19.4 Å². The summed E-state index contributed by atoms with van der Waals surface area (Å²) in [7, 11) is 0. The van der Waals surface area contributed by atoms with Gasteiger partial charge in [0.25, 0.3) is 0 Å². The van der Waals surface area contributed by atoms with Crippen LogP contribution in [0.25, 0.3) is 0 Å². The van der Waals surface area contributed by atoms with E-state index in [9.17, 15) is 4.79 Å². The normalized spacial score (nSPS) is 10.1. The lowest BCUT2D eigenvalue weighted by Crippen LogP contribution is -2.23. The van der Waals surface area contributed by atoms with E-state index in [2.05, 4.69) is 30.9 Å². The summed E-state index contributed by atoms with van der Waals surface area (Å²) in [6.07, 6.45) is 4.56. The fourth-order valence-corrected chi connectivity index (χ4v) is 1.33. The van der Waals surface area contributed by atoms with Crippen LogP contribution in [-0.4, -0.2) is 31.5 Å². The molecule has 2 aromatic rings. The molecule has 0 aliphatic rings. The zero-order valence-corrected chi connectivity index (χ0v) is 9.13. The van der Waals surface area contributed by atoms with Gasteiger partial charge in [0.2, 0.25) is 5.91 Å². The highest BCUT2D eigenvalue weighted by molar-refractivity contribution is 5.76. The number of aromatic amines is 1. The Bertz CT molecular complexity index is 455. The van der Waals surface area contributed by atoms with Gasteiger partial charge in [0.15, 0.2) is 5.82 Å². The van der Waals surface area contributed by atoms with Gasteiger partial charge in [-0.1, -0.05) is 5.21 Å². The van der Waals surface area contributed by atoms with Crippen molar-refractivity contribution in [2.75, 3.05) is 0 Å². The van der Waals surface area contributed by atoms with Crippen molar-refractivity contribution in [3.05, 3.63) is 35.9 Å². The van der Waals surface area contributed by atoms with E-state index >= 15 is 0 Å². The Hall–Kier alpha value is -2.31. The molecule has 0 spiro atoms. The number of amides is 1. The number of carbonyl (C=O) groups excluding carboxylic acids is 1. The number of aromatic nitrogens is 5. The summed E-state index contributed by atoms with van der Waals surface area (Å²) < 4.78 is 0. The quantitative estimate of drug-likeness (QED) is 0.747. The Morgan fingerprint density at radius 3 is 2.88 bits per heavy atom. The third kappa shape index (κ3) is 3.63. The molecule has 0 bridgehead atoms. The van der Waals surface area contributed by atoms with Crippen LogP contribution in [0.4, 0.5) is 0 Å². The van der Waals surface area contributed by atoms with E-state index in [-0.39, 0.29) is 5.91 Å². The first-order valence-electron chi connectivity index (χ1n) is 5.22. The van der Waals surface area contributed by atoms with Crippen LogP contribution in [-0.2, 0) is 17.8 Å². The molecule has 0 saturated heterocycles. The fraction of sp³-hybridized carbons (Fsp3) is 0.300. The molecule has 0 atom stereocenters. The number of H-pyrrole nitrogens is 1. The number of nitrogens with zero attached hydrogens (tertiary/aromatic N) is 4. The minimum absolute atomic E-state index is 0.0355. The molecule has 88 valence electrons. The van der Waals surface area contributed by atoms with E-state index < -0.39 is 0 Å². The molecule has 0 saturated carbocycles. The van der Waals surface area contributed by atoms with Crippen molar-refractivity contribution in [3.63, 3.8) is 0 Å². The minimum atomic E-state index is -0.0355. The van der Waals surface area contributed by atoms with Gasteiger partial charge < -0.3 is 5.32 Å². The standard InChI is InChI=1S/C10H12N6O/c17-10(12-7-9-13-15-16-14-9)2-1-8-3-5-11-6-4-8/h3-6H,1-2,7H2,(H,12,17)(H,13,14,15,16).